The Kier molecular flexibility index (Phi) is 17.9. The molecule has 0 N–H and O–H groups in total. The zero-order valence-electron chi connectivity index (χ0n) is 23.5. The molecule has 0 unspecified atom stereocenters. The number of hydrogen-bond donors (Lipinski definition) is 0. The minimum atomic E-state index is 0.542. The van der Waals surface area contributed by atoms with Gasteiger partial charge in [0.2, 0.25) is 0 Å². The molecule has 2 aromatic carbocycles. The van der Waals surface area contributed by atoms with E-state index < -0.39 is 0 Å². The predicted molar refractivity (Wildman–Crippen MR) is 161 cm³/mol. The molecule has 0 spiro atoms. The van der Waals surface area contributed by atoms with Crippen LogP contribution in [0.4, 0.5) is 5.69 Å². The fraction of sp³-hybridized carbons (Fsp3) is 0.529. The van der Waals surface area contributed by atoms with Crippen molar-refractivity contribution in [2.45, 2.75) is 104 Å². The molecule has 2 aliphatic rings. The largest absolute Gasteiger partial charge is 0.240 e. The zero-order chi connectivity index (χ0) is 26.4. The summed E-state index contributed by atoms with van der Waals surface area (Å²) in [5.41, 5.74) is 3.50. The van der Waals surface area contributed by atoms with E-state index >= 15 is 0 Å². The van der Waals surface area contributed by atoms with Crippen LogP contribution in [0.3, 0.4) is 0 Å². The summed E-state index contributed by atoms with van der Waals surface area (Å²) in [5, 5.41) is 0. The molecule has 0 aromatic heterocycles. The van der Waals surface area contributed by atoms with Gasteiger partial charge in [0.15, 0.2) is 0 Å². The molecule has 0 radical (unpaired) electrons. The smallest absolute Gasteiger partial charge is 0.0729 e. The van der Waals surface area contributed by atoms with Gasteiger partial charge in [0, 0.05) is 0 Å². The van der Waals surface area contributed by atoms with E-state index in [1.165, 1.54) is 75.3 Å². The van der Waals surface area contributed by atoms with Crippen LogP contribution in [0.5, 0.6) is 0 Å². The molecule has 2 aromatic rings. The Morgan fingerprint density at radius 2 is 1.22 bits per heavy atom. The highest BCUT2D eigenvalue weighted by Crippen LogP contribution is 2.35. The standard InChI is InChI=1S/C15H25N.C15H13N.2C2H6/c2*1-2-16-15-10-8-14(9-11-15)12-13-6-4-3-5-7-13;2*1-2/h13-15H,1,3-12H2;3-11H,1,12H2;2*1-2H3. The Hall–Kier alpha value is -2.66. The lowest BCUT2D eigenvalue weighted by atomic mass is 9.77. The van der Waals surface area contributed by atoms with Gasteiger partial charge >= 0.3 is 0 Å². The van der Waals surface area contributed by atoms with Crippen LogP contribution in [0.1, 0.15) is 103 Å². The van der Waals surface area contributed by atoms with Crippen LogP contribution in [0.15, 0.2) is 77.7 Å². The molecule has 2 nitrogen and oxygen atoms in total. The Labute approximate surface area is 222 Å². The Morgan fingerprint density at radius 3 is 1.78 bits per heavy atom. The first-order valence-electron chi connectivity index (χ1n) is 14.3. The molecule has 0 heterocycles. The molecule has 0 atom stereocenters. The highest BCUT2D eigenvalue weighted by atomic mass is 14.8. The van der Waals surface area contributed by atoms with Gasteiger partial charge in [0.1, 0.15) is 0 Å². The summed E-state index contributed by atoms with van der Waals surface area (Å²) in [7, 11) is 0. The van der Waals surface area contributed by atoms with Gasteiger partial charge in [-0.15, -0.1) is 0 Å². The fourth-order valence-corrected chi connectivity index (χ4v) is 5.14. The molecule has 2 fully saturated rings. The number of aliphatic imine (C=N–C) groups is 2. The molecule has 0 bridgehead atoms. The summed E-state index contributed by atoms with van der Waals surface area (Å²) in [4.78, 5) is 8.30. The Morgan fingerprint density at radius 1 is 0.667 bits per heavy atom. The quantitative estimate of drug-likeness (QED) is 0.363. The second-order valence-electron chi connectivity index (χ2n) is 9.30. The third-order valence-electron chi connectivity index (χ3n) is 6.88. The maximum absolute atomic E-state index is 4.30. The van der Waals surface area contributed by atoms with E-state index in [2.05, 4.69) is 71.3 Å². The van der Waals surface area contributed by atoms with Crippen LogP contribution in [0.25, 0.3) is 0 Å². The number of hydrogen-bond acceptors (Lipinski definition) is 2. The lowest BCUT2D eigenvalue weighted by Gasteiger charge is -2.30. The highest BCUT2D eigenvalue weighted by molar-refractivity contribution is 5.55. The third kappa shape index (κ3) is 12.9. The maximum atomic E-state index is 4.30. The van der Waals surface area contributed by atoms with Gasteiger partial charge in [-0.25, -0.2) is 9.98 Å². The van der Waals surface area contributed by atoms with Crippen LogP contribution in [-0.4, -0.2) is 17.8 Å². The SMILES string of the molecule is C=C=NC1CCC(CC2CCCCC2)CC1.C=C=Nc1ccc(Cc2ccccc2)cc1.CC.CC. The van der Waals surface area contributed by atoms with E-state index in [-0.39, 0.29) is 0 Å². The third-order valence-corrected chi connectivity index (χ3v) is 6.88. The fourth-order valence-electron chi connectivity index (χ4n) is 5.14. The summed E-state index contributed by atoms with van der Waals surface area (Å²) in [6, 6.07) is 19.1. The van der Waals surface area contributed by atoms with Crippen molar-refractivity contribution in [1.82, 2.24) is 0 Å². The number of rotatable bonds is 6. The summed E-state index contributed by atoms with van der Waals surface area (Å²) in [5.74, 6) is 7.29. The predicted octanol–water partition coefficient (Wildman–Crippen LogP) is 10.2. The molecule has 4 rings (SSSR count). The zero-order valence-corrected chi connectivity index (χ0v) is 23.5. The van der Waals surface area contributed by atoms with Crippen LogP contribution >= 0.6 is 0 Å². The van der Waals surface area contributed by atoms with E-state index in [0.29, 0.717) is 6.04 Å². The van der Waals surface area contributed by atoms with Crippen molar-refractivity contribution in [3.8, 4) is 0 Å². The lowest BCUT2D eigenvalue weighted by Crippen LogP contribution is -2.20. The molecule has 0 aliphatic heterocycles. The van der Waals surface area contributed by atoms with Crippen LogP contribution in [-0.2, 0) is 6.42 Å². The second kappa shape index (κ2) is 20.5. The molecule has 2 saturated carbocycles. The monoisotopic (exact) mass is 486 g/mol. The van der Waals surface area contributed by atoms with Gasteiger partial charge < -0.3 is 0 Å². The Bertz CT molecular complexity index is 873. The lowest BCUT2D eigenvalue weighted by molar-refractivity contribution is 0.235. The van der Waals surface area contributed by atoms with Crippen molar-refractivity contribution in [2.24, 2.45) is 21.8 Å². The second-order valence-corrected chi connectivity index (χ2v) is 9.30. The van der Waals surface area contributed by atoms with Crippen LogP contribution < -0.4 is 0 Å². The van der Waals surface area contributed by atoms with Crippen molar-refractivity contribution in [3.05, 3.63) is 78.9 Å². The van der Waals surface area contributed by atoms with Crippen LogP contribution in [0.2, 0.25) is 0 Å². The molecule has 2 aliphatic carbocycles. The Balaban J connectivity index is 0.000000317. The highest BCUT2D eigenvalue weighted by Gasteiger charge is 2.24. The topological polar surface area (TPSA) is 24.7 Å². The van der Waals surface area contributed by atoms with E-state index in [9.17, 15) is 0 Å². The van der Waals surface area contributed by atoms with Gasteiger partial charge in [0.25, 0.3) is 0 Å². The normalized spacial score (nSPS) is 18.8. The van der Waals surface area contributed by atoms with Crippen molar-refractivity contribution < 1.29 is 0 Å². The molecular formula is C34H50N2. The maximum Gasteiger partial charge on any atom is 0.0729 e. The minimum Gasteiger partial charge on any atom is -0.240 e. The van der Waals surface area contributed by atoms with Crippen LogP contribution in [0, 0.1) is 11.8 Å². The van der Waals surface area contributed by atoms with Gasteiger partial charge in [-0.1, -0.05) is 102 Å². The summed E-state index contributed by atoms with van der Waals surface area (Å²) in [6.45, 7) is 15.0. The molecule has 36 heavy (non-hydrogen) atoms. The number of nitrogens with zero attached hydrogens (tertiary/aromatic N) is 2. The van der Waals surface area contributed by atoms with E-state index in [1.54, 1.807) is 0 Å². The summed E-state index contributed by atoms with van der Waals surface area (Å²) in [6.07, 6.45) is 15.3. The molecule has 0 amide bonds. The average Bonchev–Trinajstić information content (AvgIpc) is 2.95. The first-order valence-corrected chi connectivity index (χ1v) is 14.3. The van der Waals surface area contributed by atoms with Gasteiger partial charge in [-0.05, 0) is 98.5 Å². The van der Waals surface area contributed by atoms with Gasteiger partial charge in [0.05, 0.1) is 11.7 Å². The summed E-state index contributed by atoms with van der Waals surface area (Å²) >= 11 is 0. The first kappa shape index (κ1) is 31.4. The average molecular weight is 487 g/mol. The van der Waals surface area contributed by atoms with Crippen molar-refractivity contribution in [3.63, 3.8) is 0 Å². The van der Waals surface area contributed by atoms with Gasteiger partial charge in [-0.3, -0.25) is 0 Å². The van der Waals surface area contributed by atoms with E-state index in [1.807, 2.05) is 45.9 Å². The molecule has 0 saturated heterocycles. The molecule has 2 heteroatoms. The number of benzene rings is 2. The first-order chi connectivity index (χ1) is 17.8. The molecular weight excluding hydrogens is 436 g/mol. The summed E-state index contributed by atoms with van der Waals surface area (Å²) < 4.78 is 0. The van der Waals surface area contributed by atoms with E-state index in [0.717, 1.165) is 23.9 Å². The molecule has 196 valence electrons. The van der Waals surface area contributed by atoms with Crippen molar-refractivity contribution in [1.29, 1.82) is 0 Å². The van der Waals surface area contributed by atoms with Crippen molar-refractivity contribution in [2.75, 3.05) is 0 Å². The van der Waals surface area contributed by atoms with Crippen molar-refractivity contribution >= 4 is 17.4 Å². The van der Waals surface area contributed by atoms with Gasteiger partial charge in [-0.2, -0.15) is 0 Å². The minimum absolute atomic E-state index is 0.542. The van der Waals surface area contributed by atoms with E-state index in [4.69, 9.17) is 0 Å².